The van der Waals surface area contributed by atoms with Crippen LogP contribution in [0.5, 0.6) is 0 Å². The van der Waals surface area contributed by atoms with Crippen molar-refractivity contribution in [2.75, 3.05) is 6.54 Å². The van der Waals surface area contributed by atoms with Crippen molar-refractivity contribution in [1.29, 1.82) is 0 Å². The molecule has 1 N–H and O–H groups in total. The number of amides is 2. The molecular weight excluding hydrogens is 402 g/mol. The summed E-state index contributed by atoms with van der Waals surface area (Å²) >= 11 is 0. The molecule has 0 aliphatic carbocycles. The number of hydrogen-bond acceptors (Lipinski definition) is 4. The molecule has 31 heavy (non-hydrogen) atoms. The smallest absolute Gasteiger partial charge is 0.254 e. The molecule has 0 aliphatic rings. The van der Waals surface area contributed by atoms with Crippen LogP contribution in [-0.4, -0.2) is 33.2 Å². The van der Waals surface area contributed by atoms with E-state index in [1.807, 2.05) is 24.3 Å². The van der Waals surface area contributed by atoms with Crippen molar-refractivity contribution in [1.82, 2.24) is 20.2 Å². The van der Waals surface area contributed by atoms with Gasteiger partial charge in [-0.05, 0) is 47.9 Å². The Hall–Kier alpha value is -3.68. The second-order valence-corrected chi connectivity index (χ2v) is 6.95. The molecule has 0 saturated carbocycles. The topological polar surface area (TPSA) is 75.2 Å². The van der Waals surface area contributed by atoms with Crippen LogP contribution in [0.4, 0.5) is 8.78 Å². The van der Waals surface area contributed by atoms with E-state index in [0.717, 1.165) is 23.3 Å². The first-order valence-corrected chi connectivity index (χ1v) is 9.82. The minimum atomic E-state index is -0.923. The summed E-state index contributed by atoms with van der Waals surface area (Å²) < 4.78 is 26.7. The molecule has 0 atom stereocenters. The lowest BCUT2D eigenvalue weighted by Gasteiger charge is -2.23. The zero-order valence-electron chi connectivity index (χ0n) is 16.8. The number of carbonyl (C=O) groups is 2. The van der Waals surface area contributed by atoms with Crippen molar-refractivity contribution in [2.45, 2.75) is 25.9 Å². The number of nitrogens with one attached hydrogen (secondary N) is 1. The number of pyridine rings is 2. The van der Waals surface area contributed by atoms with Crippen LogP contribution in [0.25, 0.3) is 0 Å². The van der Waals surface area contributed by atoms with Crippen LogP contribution in [0, 0.1) is 11.6 Å². The van der Waals surface area contributed by atoms with E-state index < -0.39 is 17.5 Å². The van der Waals surface area contributed by atoms with Crippen LogP contribution in [-0.2, 0) is 17.9 Å². The molecule has 0 unspecified atom stereocenters. The van der Waals surface area contributed by atoms with Gasteiger partial charge in [0, 0.05) is 56.9 Å². The molecule has 8 heteroatoms. The van der Waals surface area contributed by atoms with Crippen LogP contribution in [0.2, 0.25) is 0 Å². The normalized spacial score (nSPS) is 10.5. The third-order valence-electron chi connectivity index (χ3n) is 4.60. The van der Waals surface area contributed by atoms with Gasteiger partial charge in [0.2, 0.25) is 5.91 Å². The maximum Gasteiger partial charge on any atom is 0.254 e. The van der Waals surface area contributed by atoms with E-state index >= 15 is 0 Å². The van der Waals surface area contributed by atoms with Crippen LogP contribution < -0.4 is 5.32 Å². The van der Waals surface area contributed by atoms with E-state index in [9.17, 15) is 18.4 Å². The fraction of sp³-hybridized carbons (Fsp3) is 0.217. The first-order valence-electron chi connectivity index (χ1n) is 9.82. The van der Waals surface area contributed by atoms with Gasteiger partial charge < -0.3 is 10.2 Å². The molecule has 0 radical (unpaired) electrons. The highest BCUT2D eigenvalue weighted by Crippen LogP contribution is 2.12. The number of halogens is 2. The third-order valence-corrected chi connectivity index (χ3v) is 4.60. The fourth-order valence-corrected chi connectivity index (χ4v) is 3.02. The highest BCUT2D eigenvalue weighted by molar-refractivity contribution is 5.94. The number of aromatic nitrogens is 2. The van der Waals surface area contributed by atoms with Crippen molar-refractivity contribution in [2.24, 2.45) is 0 Å². The molecule has 0 spiro atoms. The molecule has 1 aromatic carbocycles. The minimum Gasteiger partial charge on any atom is -0.352 e. The highest BCUT2D eigenvalue weighted by Gasteiger charge is 2.16. The molecule has 2 amide bonds. The average molecular weight is 424 g/mol. The van der Waals surface area contributed by atoms with Gasteiger partial charge in [-0.1, -0.05) is 6.07 Å². The standard InChI is InChI=1S/C23H22F2N4O2/c24-19-5-6-20(21(25)13-19)23(31)28-10-2-4-22(30)29(15-17-7-11-26-12-8-17)16-18-3-1-9-27-14-18/h1,3,5-9,11-14H,2,4,10,15-16H2,(H,28,31). The Morgan fingerprint density at radius 2 is 1.71 bits per heavy atom. The van der Waals surface area contributed by atoms with Crippen molar-refractivity contribution < 1.29 is 18.4 Å². The summed E-state index contributed by atoms with van der Waals surface area (Å²) in [4.78, 5) is 34.7. The highest BCUT2D eigenvalue weighted by atomic mass is 19.1. The van der Waals surface area contributed by atoms with E-state index in [4.69, 9.17) is 0 Å². The molecule has 2 aromatic heterocycles. The van der Waals surface area contributed by atoms with E-state index in [-0.39, 0.29) is 24.4 Å². The average Bonchev–Trinajstić information content (AvgIpc) is 2.77. The van der Waals surface area contributed by atoms with Gasteiger partial charge in [0.25, 0.3) is 5.91 Å². The predicted octanol–water partition coefficient (Wildman–Crippen LogP) is 3.49. The minimum absolute atomic E-state index is 0.0807. The molecule has 0 saturated heterocycles. The van der Waals surface area contributed by atoms with Gasteiger partial charge in [-0.2, -0.15) is 0 Å². The monoisotopic (exact) mass is 424 g/mol. The summed E-state index contributed by atoms with van der Waals surface area (Å²) in [5, 5.41) is 2.56. The van der Waals surface area contributed by atoms with Crippen LogP contribution in [0.15, 0.2) is 67.3 Å². The lowest BCUT2D eigenvalue weighted by atomic mass is 10.1. The molecule has 6 nitrogen and oxygen atoms in total. The van der Waals surface area contributed by atoms with E-state index in [1.165, 1.54) is 0 Å². The quantitative estimate of drug-likeness (QED) is 0.534. The molecule has 2 heterocycles. The molecule has 160 valence electrons. The first-order chi connectivity index (χ1) is 15.0. The molecule has 0 aliphatic heterocycles. The summed E-state index contributed by atoms with van der Waals surface area (Å²) in [6, 6.07) is 10.2. The summed E-state index contributed by atoms with van der Waals surface area (Å²) in [7, 11) is 0. The van der Waals surface area contributed by atoms with Crippen LogP contribution in [0.3, 0.4) is 0 Å². The fourth-order valence-electron chi connectivity index (χ4n) is 3.02. The van der Waals surface area contributed by atoms with Crippen molar-refractivity contribution in [3.63, 3.8) is 0 Å². The Labute approximate surface area is 179 Å². The summed E-state index contributed by atoms with van der Waals surface area (Å²) in [6.45, 7) is 1.02. The number of benzene rings is 1. The second-order valence-electron chi connectivity index (χ2n) is 6.95. The second kappa shape index (κ2) is 10.9. The first kappa shape index (κ1) is 22.0. The molecule has 0 fully saturated rings. The van der Waals surface area contributed by atoms with Crippen LogP contribution >= 0.6 is 0 Å². The number of nitrogens with zero attached hydrogens (tertiary/aromatic N) is 3. The lowest BCUT2D eigenvalue weighted by molar-refractivity contribution is -0.132. The van der Waals surface area contributed by atoms with Crippen molar-refractivity contribution in [3.8, 4) is 0 Å². The molecule has 3 aromatic rings. The Balaban J connectivity index is 1.55. The van der Waals surface area contributed by atoms with Gasteiger partial charge in [0.05, 0.1) is 5.56 Å². The van der Waals surface area contributed by atoms with E-state index in [0.29, 0.717) is 25.6 Å². The number of rotatable bonds is 9. The summed E-state index contributed by atoms with van der Waals surface area (Å²) in [5.41, 5.74) is 1.63. The number of hydrogen-bond donors (Lipinski definition) is 1. The van der Waals surface area contributed by atoms with E-state index in [1.54, 1.807) is 29.7 Å². The van der Waals surface area contributed by atoms with Gasteiger partial charge in [-0.15, -0.1) is 0 Å². The van der Waals surface area contributed by atoms with Gasteiger partial charge in [-0.25, -0.2) is 8.78 Å². The Kier molecular flexibility index (Phi) is 7.75. The largest absolute Gasteiger partial charge is 0.352 e. The lowest BCUT2D eigenvalue weighted by Crippen LogP contribution is -2.31. The van der Waals surface area contributed by atoms with Gasteiger partial charge in [-0.3, -0.25) is 19.6 Å². The molecule has 0 bridgehead atoms. The molecule has 3 rings (SSSR count). The van der Waals surface area contributed by atoms with Gasteiger partial charge >= 0.3 is 0 Å². The van der Waals surface area contributed by atoms with Gasteiger partial charge in [0.15, 0.2) is 0 Å². The zero-order chi connectivity index (χ0) is 22.1. The van der Waals surface area contributed by atoms with Crippen molar-refractivity contribution >= 4 is 11.8 Å². The Bertz CT molecular complexity index is 975. The molecular formula is C23H22F2N4O2. The number of carbonyl (C=O) groups excluding carboxylic acids is 2. The Morgan fingerprint density at radius 3 is 2.42 bits per heavy atom. The van der Waals surface area contributed by atoms with Gasteiger partial charge in [0.1, 0.15) is 11.6 Å². The summed E-state index contributed by atoms with van der Waals surface area (Å²) in [6.07, 6.45) is 7.32. The maximum atomic E-state index is 13.7. The zero-order valence-corrected chi connectivity index (χ0v) is 16.8. The summed E-state index contributed by atoms with van der Waals surface area (Å²) in [5.74, 6) is -2.40. The third kappa shape index (κ3) is 6.67. The van der Waals surface area contributed by atoms with Crippen molar-refractivity contribution in [3.05, 3.63) is 95.6 Å². The van der Waals surface area contributed by atoms with Crippen LogP contribution in [0.1, 0.15) is 34.3 Å². The SMILES string of the molecule is O=C(NCCCC(=O)N(Cc1ccncc1)Cc1cccnc1)c1ccc(F)cc1F. The van der Waals surface area contributed by atoms with E-state index in [2.05, 4.69) is 15.3 Å². The Morgan fingerprint density at radius 1 is 0.935 bits per heavy atom. The predicted molar refractivity (Wildman–Crippen MR) is 111 cm³/mol. The maximum absolute atomic E-state index is 13.7.